The molecule has 0 radical (unpaired) electrons. The number of rotatable bonds is 4. The van der Waals surface area contributed by atoms with Gasteiger partial charge >= 0.3 is 0 Å². The number of nitrogens with one attached hydrogen (secondary N) is 1. The summed E-state index contributed by atoms with van der Waals surface area (Å²) in [4.78, 5) is 0. The van der Waals surface area contributed by atoms with E-state index in [2.05, 4.69) is 20.6 Å². The third-order valence-corrected chi connectivity index (χ3v) is 2.91. The number of benzene rings is 1. The van der Waals surface area contributed by atoms with E-state index in [0.717, 1.165) is 35.8 Å². The van der Waals surface area contributed by atoms with Crippen molar-refractivity contribution in [3.8, 4) is 0 Å². The molecule has 3 aromatic rings. The van der Waals surface area contributed by atoms with Crippen LogP contribution in [0.3, 0.4) is 0 Å². The standard InChI is InChI=1S/C14H15N5/c1-11-7-8-13-16-17-14(19(13)18-11)9-10-15-12-5-3-2-4-6-12/h2-8,15H,9-10H2,1H3. The Hall–Kier alpha value is -2.43. The van der Waals surface area contributed by atoms with Crippen molar-refractivity contribution < 1.29 is 0 Å². The predicted molar refractivity (Wildman–Crippen MR) is 74.2 cm³/mol. The Kier molecular flexibility index (Phi) is 3.10. The van der Waals surface area contributed by atoms with Crippen molar-refractivity contribution in [2.24, 2.45) is 0 Å². The SMILES string of the molecule is Cc1ccc2nnc(CCNc3ccccc3)n2n1. The second kappa shape index (κ2) is 5.06. The van der Waals surface area contributed by atoms with Gasteiger partial charge in [-0.05, 0) is 31.2 Å². The van der Waals surface area contributed by atoms with Crippen LogP contribution in [0.1, 0.15) is 11.5 Å². The zero-order chi connectivity index (χ0) is 13.1. The smallest absolute Gasteiger partial charge is 0.177 e. The number of nitrogens with zero attached hydrogens (tertiary/aromatic N) is 4. The lowest BCUT2D eigenvalue weighted by Crippen LogP contribution is -2.08. The minimum Gasteiger partial charge on any atom is -0.385 e. The summed E-state index contributed by atoms with van der Waals surface area (Å²) in [6.45, 7) is 2.77. The summed E-state index contributed by atoms with van der Waals surface area (Å²) in [7, 11) is 0. The summed E-state index contributed by atoms with van der Waals surface area (Å²) >= 11 is 0. The van der Waals surface area contributed by atoms with Crippen LogP contribution in [-0.4, -0.2) is 26.4 Å². The van der Waals surface area contributed by atoms with Crippen LogP contribution in [0.5, 0.6) is 0 Å². The lowest BCUT2D eigenvalue weighted by atomic mass is 10.3. The molecule has 0 bridgehead atoms. The van der Waals surface area contributed by atoms with Gasteiger partial charge in [-0.1, -0.05) is 18.2 Å². The van der Waals surface area contributed by atoms with Crippen molar-refractivity contribution >= 4 is 11.3 Å². The van der Waals surface area contributed by atoms with Crippen LogP contribution in [0.15, 0.2) is 42.5 Å². The molecule has 0 aliphatic carbocycles. The maximum absolute atomic E-state index is 4.43. The molecule has 0 amide bonds. The second-order valence-electron chi connectivity index (χ2n) is 4.40. The predicted octanol–water partition coefficient (Wildman–Crippen LogP) is 2.09. The molecule has 5 heteroatoms. The maximum Gasteiger partial charge on any atom is 0.177 e. The molecule has 2 heterocycles. The Balaban J connectivity index is 1.70. The molecule has 1 N–H and O–H groups in total. The minimum atomic E-state index is 0.784. The van der Waals surface area contributed by atoms with Crippen LogP contribution in [0.2, 0.25) is 0 Å². The van der Waals surface area contributed by atoms with E-state index in [1.54, 1.807) is 0 Å². The first-order valence-corrected chi connectivity index (χ1v) is 6.30. The van der Waals surface area contributed by atoms with Gasteiger partial charge in [-0.3, -0.25) is 0 Å². The number of para-hydroxylation sites is 1. The van der Waals surface area contributed by atoms with Crippen molar-refractivity contribution in [3.05, 3.63) is 54.0 Å². The van der Waals surface area contributed by atoms with Crippen LogP contribution in [0.4, 0.5) is 5.69 Å². The van der Waals surface area contributed by atoms with Crippen LogP contribution < -0.4 is 5.32 Å². The molecule has 0 aliphatic heterocycles. The summed E-state index contributed by atoms with van der Waals surface area (Å²) in [6, 6.07) is 14.0. The highest BCUT2D eigenvalue weighted by Crippen LogP contribution is 2.06. The van der Waals surface area contributed by atoms with Gasteiger partial charge in [0.2, 0.25) is 0 Å². The summed E-state index contributed by atoms with van der Waals surface area (Å²) in [5.41, 5.74) is 2.87. The molecule has 1 aromatic carbocycles. The minimum absolute atomic E-state index is 0.784. The molecule has 0 unspecified atom stereocenters. The Bertz CT molecular complexity index is 675. The van der Waals surface area contributed by atoms with Gasteiger partial charge in [-0.25, -0.2) is 0 Å². The van der Waals surface area contributed by atoms with Gasteiger partial charge in [0, 0.05) is 18.7 Å². The molecule has 0 saturated heterocycles. The molecule has 0 spiro atoms. The first-order chi connectivity index (χ1) is 9.33. The first kappa shape index (κ1) is 11.6. The monoisotopic (exact) mass is 253 g/mol. The third kappa shape index (κ3) is 2.54. The Labute approximate surface area is 111 Å². The van der Waals surface area contributed by atoms with E-state index in [1.807, 2.05) is 53.9 Å². The highest BCUT2D eigenvalue weighted by molar-refractivity contribution is 5.42. The highest BCUT2D eigenvalue weighted by Gasteiger charge is 2.06. The molecule has 0 saturated carbocycles. The van der Waals surface area contributed by atoms with E-state index in [-0.39, 0.29) is 0 Å². The molecule has 2 aromatic heterocycles. The number of fused-ring (bicyclic) bond motifs is 1. The van der Waals surface area contributed by atoms with E-state index in [4.69, 9.17) is 0 Å². The van der Waals surface area contributed by atoms with Crippen LogP contribution >= 0.6 is 0 Å². The van der Waals surface area contributed by atoms with Gasteiger partial charge in [0.15, 0.2) is 11.5 Å². The van der Waals surface area contributed by atoms with Gasteiger partial charge in [0.1, 0.15) is 0 Å². The van der Waals surface area contributed by atoms with Gasteiger partial charge in [-0.2, -0.15) is 9.61 Å². The first-order valence-electron chi connectivity index (χ1n) is 6.30. The van der Waals surface area contributed by atoms with Gasteiger partial charge < -0.3 is 5.32 Å². The number of anilines is 1. The van der Waals surface area contributed by atoms with Crippen LogP contribution in [0.25, 0.3) is 5.65 Å². The largest absolute Gasteiger partial charge is 0.385 e. The van der Waals surface area contributed by atoms with Crippen molar-refractivity contribution in [1.82, 2.24) is 19.8 Å². The molecule has 0 fully saturated rings. The summed E-state index contributed by atoms with van der Waals surface area (Å²) in [6.07, 6.45) is 0.784. The van der Waals surface area contributed by atoms with Crippen molar-refractivity contribution in [2.75, 3.05) is 11.9 Å². The van der Waals surface area contributed by atoms with Crippen LogP contribution in [0, 0.1) is 6.92 Å². The number of hydrogen-bond donors (Lipinski definition) is 1. The number of aryl methyl sites for hydroxylation is 1. The molecule has 0 aliphatic rings. The zero-order valence-corrected chi connectivity index (χ0v) is 10.7. The highest BCUT2D eigenvalue weighted by atomic mass is 15.4. The Morgan fingerprint density at radius 3 is 2.74 bits per heavy atom. The van der Waals surface area contributed by atoms with E-state index in [9.17, 15) is 0 Å². The fourth-order valence-electron chi connectivity index (χ4n) is 1.96. The van der Waals surface area contributed by atoms with Gasteiger partial charge in [0.05, 0.1) is 5.69 Å². The number of hydrogen-bond acceptors (Lipinski definition) is 4. The van der Waals surface area contributed by atoms with E-state index in [1.165, 1.54) is 0 Å². The van der Waals surface area contributed by atoms with Crippen LogP contribution in [-0.2, 0) is 6.42 Å². The fraction of sp³-hybridized carbons (Fsp3) is 0.214. The van der Waals surface area contributed by atoms with Crippen molar-refractivity contribution in [2.45, 2.75) is 13.3 Å². The maximum atomic E-state index is 4.43. The average molecular weight is 253 g/mol. The molecular formula is C14H15N5. The Morgan fingerprint density at radius 1 is 1.05 bits per heavy atom. The normalized spacial score (nSPS) is 10.8. The zero-order valence-electron chi connectivity index (χ0n) is 10.7. The summed E-state index contributed by atoms with van der Waals surface area (Å²) in [5.74, 6) is 0.877. The average Bonchev–Trinajstić information content (AvgIpc) is 2.83. The molecule has 0 atom stereocenters. The van der Waals surface area contributed by atoms with Crippen molar-refractivity contribution in [1.29, 1.82) is 0 Å². The van der Waals surface area contributed by atoms with Crippen molar-refractivity contribution in [3.63, 3.8) is 0 Å². The number of aromatic nitrogens is 4. The third-order valence-electron chi connectivity index (χ3n) is 2.91. The van der Waals surface area contributed by atoms with E-state index < -0.39 is 0 Å². The second-order valence-corrected chi connectivity index (χ2v) is 4.40. The molecule has 96 valence electrons. The lowest BCUT2D eigenvalue weighted by molar-refractivity contribution is 0.791. The topological polar surface area (TPSA) is 55.1 Å². The van der Waals surface area contributed by atoms with E-state index in [0.29, 0.717) is 0 Å². The lowest BCUT2D eigenvalue weighted by Gasteiger charge is -2.04. The molecule has 19 heavy (non-hydrogen) atoms. The quantitative estimate of drug-likeness (QED) is 0.773. The van der Waals surface area contributed by atoms with Gasteiger partial charge in [-0.15, -0.1) is 10.2 Å². The fourth-order valence-corrected chi connectivity index (χ4v) is 1.96. The molecular weight excluding hydrogens is 238 g/mol. The van der Waals surface area contributed by atoms with E-state index >= 15 is 0 Å². The van der Waals surface area contributed by atoms with Gasteiger partial charge in [0.25, 0.3) is 0 Å². The molecule has 3 rings (SSSR count). The summed E-state index contributed by atoms with van der Waals surface area (Å²) < 4.78 is 1.81. The summed E-state index contributed by atoms with van der Waals surface area (Å²) in [5, 5.41) is 16.1. The Morgan fingerprint density at radius 2 is 1.89 bits per heavy atom. The molecule has 5 nitrogen and oxygen atoms in total.